The van der Waals surface area contributed by atoms with Crippen molar-refractivity contribution in [2.75, 3.05) is 5.32 Å². The van der Waals surface area contributed by atoms with E-state index in [1.54, 1.807) is 0 Å². The first-order chi connectivity index (χ1) is 13.2. The number of carboxylic acids is 1. The van der Waals surface area contributed by atoms with Gasteiger partial charge >= 0.3 is 5.97 Å². The summed E-state index contributed by atoms with van der Waals surface area (Å²) >= 11 is 16.5. The summed E-state index contributed by atoms with van der Waals surface area (Å²) < 4.78 is 0. The Morgan fingerprint density at radius 3 is 2.54 bits per heavy atom. The summed E-state index contributed by atoms with van der Waals surface area (Å²) in [6.45, 7) is 0. The third-order valence-electron chi connectivity index (χ3n) is 3.29. The highest BCUT2D eigenvalue weighted by atomic mass is 35.5. The van der Waals surface area contributed by atoms with E-state index >= 15 is 0 Å². The number of amides is 1. The number of halogens is 2. The highest BCUT2D eigenvalue weighted by Gasteiger charge is 2.13. The second-order valence-electron chi connectivity index (χ2n) is 5.24. The maximum absolute atomic E-state index is 12.0. The van der Waals surface area contributed by atoms with Gasteiger partial charge in [-0.3, -0.25) is 20.2 Å². The molecule has 11 heteroatoms. The molecule has 3 N–H and O–H groups in total. The van der Waals surface area contributed by atoms with Gasteiger partial charge in [-0.25, -0.2) is 4.79 Å². The van der Waals surface area contributed by atoms with Crippen LogP contribution in [-0.4, -0.2) is 27.0 Å². The fraction of sp³-hybridized carbons (Fsp3) is 0. The summed E-state index contributed by atoms with van der Waals surface area (Å²) in [5, 5.41) is 25.1. The average Bonchev–Trinajstić information content (AvgIpc) is 2.62. The SMILES string of the molecule is O=C(/C=C/c1ccc(Cl)c([N+](=O)[O-])c1)NC(=S)Nc1ccc(Cl)cc1C(=O)O. The van der Waals surface area contributed by atoms with Crippen molar-refractivity contribution >= 4 is 69.9 Å². The molecule has 1 amide bonds. The summed E-state index contributed by atoms with van der Waals surface area (Å²) in [6, 6.07) is 8.18. The van der Waals surface area contributed by atoms with E-state index in [2.05, 4.69) is 10.6 Å². The zero-order valence-electron chi connectivity index (χ0n) is 13.8. The predicted octanol–water partition coefficient (Wildman–Crippen LogP) is 4.13. The molecule has 0 radical (unpaired) electrons. The topological polar surface area (TPSA) is 122 Å². The van der Waals surface area contributed by atoms with Crippen LogP contribution in [-0.2, 0) is 4.79 Å². The highest BCUT2D eigenvalue weighted by Crippen LogP contribution is 2.25. The Bertz CT molecular complexity index is 1010. The number of carboxylic acid groups (broad SMARTS) is 1. The van der Waals surface area contributed by atoms with Gasteiger partial charge in [-0.1, -0.05) is 29.3 Å². The van der Waals surface area contributed by atoms with E-state index in [-0.39, 0.29) is 32.1 Å². The van der Waals surface area contributed by atoms with Gasteiger partial charge in [0.05, 0.1) is 16.2 Å². The number of hydrogen-bond acceptors (Lipinski definition) is 5. The number of nitro groups is 1. The molecule has 2 aromatic rings. The van der Waals surface area contributed by atoms with Gasteiger partial charge < -0.3 is 10.4 Å². The van der Waals surface area contributed by atoms with Crippen molar-refractivity contribution in [3.8, 4) is 0 Å². The van der Waals surface area contributed by atoms with Crippen LogP contribution in [0, 0.1) is 10.1 Å². The van der Waals surface area contributed by atoms with Crippen LogP contribution in [0.5, 0.6) is 0 Å². The van der Waals surface area contributed by atoms with Gasteiger partial charge in [-0.05, 0) is 48.1 Å². The molecular weight excluding hydrogens is 429 g/mol. The summed E-state index contributed by atoms with van der Waals surface area (Å²) in [5.41, 5.74) is 0.133. The fourth-order valence-electron chi connectivity index (χ4n) is 2.05. The smallest absolute Gasteiger partial charge is 0.337 e. The zero-order valence-corrected chi connectivity index (χ0v) is 16.1. The lowest BCUT2D eigenvalue weighted by atomic mass is 10.2. The van der Waals surface area contributed by atoms with E-state index in [0.29, 0.717) is 5.56 Å². The lowest BCUT2D eigenvalue weighted by Gasteiger charge is -2.11. The minimum absolute atomic E-state index is 0.0193. The van der Waals surface area contributed by atoms with Gasteiger partial charge in [0.15, 0.2) is 5.11 Å². The first-order valence-electron chi connectivity index (χ1n) is 7.44. The lowest BCUT2D eigenvalue weighted by molar-refractivity contribution is -0.384. The Labute approximate surface area is 173 Å². The van der Waals surface area contributed by atoms with E-state index in [9.17, 15) is 24.8 Å². The molecule has 0 bridgehead atoms. The van der Waals surface area contributed by atoms with Crippen molar-refractivity contribution in [2.45, 2.75) is 0 Å². The molecule has 28 heavy (non-hydrogen) atoms. The third kappa shape index (κ3) is 5.74. The quantitative estimate of drug-likeness (QED) is 0.277. The maximum atomic E-state index is 12.0. The zero-order chi connectivity index (χ0) is 20.8. The number of benzene rings is 2. The molecule has 0 atom stereocenters. The normalized spacial score (nSPS) is 10.5. The largest absolute Gasteiger partial charge is 0.478 e. The number of carbonyl (C=O) groups is 2. The summed E-state index contributed by atoms with van der Waals surface area (Å²) in [4.78, 5) is 33.4. The van der Waals surface area contributed by atoms with E-state index in [0.717, 1.165) is 6.08 Å². The van der Waals surface area contributed by atoms with Crippen LogP contribution in [0.1, 0.15) is 15.9 Å². The van der Waals surface area contributed by atoms with Crippen molar-refractivity contribution in [2.24, 2.45) is 0 Å². The first kappa shape index (κ1) is 21.3. The molecule has 2 aromatic carbocycles. The van der Waals surface area contributed by atoms with Crippen molar-refractivity contribution in [1.29, 1.82) is 0 Å². The lowest BCUT2D eigenvalue weighted by Crippen LogP contribution is -2.33. The molecule has 8 nitrogen and oxygen atoms in total. The molecule has 0 heterocycles. The van der Waals surface area contributed by atoms with E-state index < -0.39 is 16.8 Å². The minimum Gasteiger partial charge on any atom is -0.478 e. The summed E-state index contributed by atoms with van der Waals surface area (Å²) in [6.07, 6.45) is 2.45. The van der Waals surface area contributed by atoms with Crippen LogP contribution in [0.4, 0.5) is 11.4 Å². The van der Waals surface area contributed by atoms with Crippen molar-refractivity contribution in [3.05, 3.63) is 73.8 Å². The van der Waals surface area contributed by atoms with Crippen LogP contribution < -0.4 is 10.6 Å². The molecule has 0 saturated carbocycles. The Hall–Kier alpha value is -3.01. The van der Waals surface area contributed by atoms with Gasteiger partial charge in [-0.15, -0.1) is 0 Å². The number of hydrogen-bond donors (Lipinski definition) is 3. The van der Waals surface area contributed by atoms with Crippen molar-refractivity contribution in [3.63, 3.8) is 0 Å². The van der Waals surface area contributed by atoms with Crippen LogP contribution >= 0.6 is 35.4 Å². The number of thiocarbonyl (C=S) groups is 1. The Morgan fingerprint density at radius 2 is 1.89 bits per heavy atom. The second kappa shape index (κ2) is 9.27. The summed E-state index contributed by atoms with van der Waals surface area (Å²) in [7, 11) is 0. The van der Waals surface area contributed by atoms with Gasteiger partial charge in [0.1, 0.15) is 5.02 Å². The molecule has 0 aliphatic carbocycles. The fourth-order valence-corrected chi connectivity index (χ4v) is 2.62. The number of aromatic carboxylic acids is 1. The molecule has 0 fully saturated rings. The highest BCUT2D eigenvalue weighted by molar-refractivity contribution is 7.80. The van der Waals surface area contributed by atoms with E-state index in [1.165, 1.54) is 42.5 Å². The molecule has 0 aliphatic rings. The predicted molar refractivity (Wildman–Crippen MR) is 110 cm³/mol. The third-order valence-corrected chi connectivity index (χ3v) is 4.05. The molecule has 144 valence electrons. The number of carbonyl (C=O) groups excluding carboxylic acids is 1. The molecular formula is C17H11Cl2N3O5S. The van der Waals surface area contributed by atoms with Crippen molar-refractivity contribution < 1.29 is 19.6 Å². The second-order valence-corrected chi connectivity index (χ2v) is 6.49. The Kier molecular flexibility index (Phi) is 7.05. The number of anilines is 1. The van der Waals surface area contributed by atoms with Crippen LogP contribution in [0.2, 0.25) is 10.0 Å². The number of nitro benzene ring substituents is 1. The van der Waals surface area contributed by atoms with E-state index in [1.807, 2.05) is 0 Å². The van der Waals surface area contributed by atoms with Gasteiger partial charge in [0, 0.05) is 17.2 Å². The van der Waals surface area contributed by atoms with E-state index in [4.69, 9.17) is 35.4 Å². The molecule has 0 unspecified atom stereocenters. The monoisotopic (exact) mass is 439 g/mol. The van der Waals surface area contributed by atoms with Crippen LogP contribution in [0.3, 0.4) is 0 Å². The standard InChI is InChI=1S/C17H11Cl2N3O5S/c18-10-3-5-13(11(8-10)16(24)25)20-17(28)21-15(23)6-2-9-1-4-12(19)14(7-9)22(26)27/h1-8H,(H,24,25)(H2,20,21,23,28)/b6-2+. The van der Waals surface area contributed by atoms with Gasteiger partial charge in [0.25, 0.3) is 5.69 Å². The average molecular weight is 440 g/mol. The Morgan fingerprint density at radius 1 is 1.18 bits per heavy atom. The van der Waals surface area contributed by atoms with Crippen molar-refractivity contribution in [1.82, 2.24) is 5.32 Å². The summed E-state index contributed by atoms with van der Waals surface area (Å²) in [5.74, 6) is -1.84. The minimum atomic E-state index is -1.22. The molecule has 0 spiro atoms. The Balaban J connectivity index is 2.05. The molecule has 0 aliphatic heterocycles. The van der Waals surface area contributed by atoms with Crippen LogP contribution in [0.25, 0.3) is 6.08 Å². The first-order valence-corrected chi connectivity index (χ1v) is 8.60. The molecule has 0 aromatic heterocycles. The molecule has 2 rings (SSSR count). The maximum Gasteiger partial charge on any atom is 0.337 e. The number of rotatable bonds is 5. The van der Waals surface area contributed by atoms with Gasteiger partial charge in [-0.2, -0.15) is 0 Å². The number of nitrogens with one attached hydrogen (secondary N) is 2. The van der Waals surface area contributed by atoms with Gasteiger partial charge in [0.2, 0.25) is 5.91 Å². The van der Waals surface area contributed by atoms with Crippen LogP contribution in [0.15, 0.2) is 42.5 Å². The number of nitrogens with zero attached hydrogens (tertiary/aromatic N) is 1. The molecule has 0 saturated heterocycles.